The van der Waals surface area contributed by atoms with Gasteiger partial charge in [-0.2, -0.15) is 0 Å². The average molecular weight is 202 g/mol. The van der Waals surface area contributed by atoms with Gasteiger partial charge in [0.1, 0.15) is 0 Å². The van der Waals surface area contributed by atoms with Crippen molar-refractivity contribution in [3.8, 4) is 0 Å². The third-order valence-electron chi connectivity index (χ3n) is 2.24. The number of nitrogens with one attached hydrogen (secondary N) is 1. The van der Waals surface area contributed by atoms with E-state index >= 15 is 0 Å². The zero-order valence-corrected chi connectivity index (χ0v) is 7.96. The van der Waals surface area contributed by atoms with Gasteiger partial charge in [-0.3, -0.25) is 10.1 Å². The van der Waals surface area contributed by atoms with Crippen molar-refractivity contribution in [1.29, 1.82) is 0 Å². The number of H-pyrrole nitrogens is 1. The molecule has 76 valence electrons. The summed E-state index contributed by atoms with van der Waals surface area (Å²) in [6, 6.07) is 11.6. The van der Waals surface area contributed by atoms with Crippen molar-refractivity contribution in [2.24, 2.45) is 0 Å². The highest BCUT2D eigenvalue weighted by Crippen LogP contribution is 2.23. The molecular weight excluding hydrogens is 192 g/mol. The monoisotopic (exact) mass is 202 g/mol. The van der Waals surface area contributed by atoms with E-state index in [2.05, 4.69) is 4.98 Å². The maximum Gasteiger partial charge on any atom is 0.277 e. The fourth-order valence-electron chi connectivity index (χ4n) is 1.56. The summed E-state index contributed by atoms with van der Waals surface area (Å²) in [7, 11) is 0. The van der Waals surface area contributed by atoms with Gasteiger partial charge in [0.05, 0.1) is 5.69 Å². The molecule has 0 bridgehead atoms. The number of nitro groups is 1. The predicted octanol–water partition coefficient (Wildman–Crippen LogP) is 2.38. The number of aromatic nitrogens is 1. The van der Waals surface area contributed by atoms with Crippen molar-refractivity contribution in [1.82, 2.24) is 4.98 Å². The SMILES string of the molecule is O=[N+]([O-])C(c1ccccc1)c1ccc[nH]1. The van der Waals surface area contributed by atoms with Gasteiger partial charge < -0.3 is 4.98 Å². The second-order valence-corrected chi connectivity index (χ2v) is 3.22. The normalized spacial score (nSPS) is 12.3. The molecule has 15 heavy (non-hydrogen) atoms. The molecule has 1 atom stereocenters. The third-order valence-corrected chi connectivity index (χ3v) is 2.24. The molecule has 0 aliphatic heterocycles. The zero-order chi connectivity index (χ0) is 10.7. The molecular formula is C11H10N2O2. The summed E-state index contributed by atoms with van der Waals surface area (Å²) in [5.41, 5.74) is 1.29. The van der Waals surface area contributed by atoms with Gasteiger partial charge in [-0.25, -0.2) is 0 Å². The van der Waals surface area contributed by atoms with Crippen LogP contribution in [0.3, 0.4) is 0 Å². The lowest BCUT2D eigenvalue weighted by Crippen LogP contribution is -2.12. The third kappa shape index (κ3) is 1.88. The first-order chi connectivity index (χ1) is 7.29. The molecule has 4 heteroatoms. The number of hydrogen-bond donors (Lipinski definition) is 1. The van der Waals surface area contributed by atoms with Gasteiger partial charge in [0.2, 0.25) is 0 Å². The molecule has 0 amide bonds. The Labute approximate surface area is 86.7 Å². The molecule has 0 aliphatic rings. The fourth-order valence-corrected chi connectivity index (χ4v) is 1.56. The summed E-state index contributed by atoms with van der Waals surface area (Å²) in [6.45, 7) is 0. The molecule has 0 radical (unpaired) electrons. The first-order valence-electron chi connectivity index (χ1n) is 4.61. The van der Waals surface area contributed by atoms with Crippen molar-refractivity contribution in [3.05, 3.63) is 70.0 Å². The van der Waals surface area contributed by atoms with E-state index in [1.54, 1.807) is 42.6 Å². The predicted molar refractivity (Wildman–Crippen MR) is 56.1 cm³/mol. The first kappa shape index (κ1) is 9.45. The Morgan fingerprint density at radius 2 is 1.87 bits per heavy atom. The highest BCUT2D eigenvalue weighted by molar-refractivity contribution is 5.25. The van der Waals surface area contributed by atoms with Gasteiger partial charge in [0.15, 0.2) is 0 Å². The van der Waals surface area contributed by atoms with Crippen LogP contribution < -0.4 is 0 Å². The number of rotatable bonds is 3. The van der Waals surface area contributed by atoms with E-state index < -0.39 is 6.04 Å². The van der Waals surface area contributed by atoms with E-state index in [4.69, 9.17) is 0 Å². The minimum absolute atomic E-state index is 0.291. The number of hydrogen-bond acceptors (Lipinski definition) is 2. The zero-order valence-electron chi connectivity index (χ0n) is 7.96. The summed E-state index contributed by atoms with van der Waals surface area (Å²) >= 11 is 0. The maximum absolute atomic E-state index is 11.0. The maximum atomic E-state index is 11.0. The Hall–Kier alpha value is -2.10. The van der Waals surface area contributed by atoms with Crippen molar-refractivity contribution < 1.29 is 4.92 Å². The van der Waals surface area contributed by atoms with Crippen LogP contribution >= 0.6 is 0 Å². The molecule has 0 spiro atoms. The summed E-state index contributed by atoms with van der Waals surface area (Å²) in [5.74, 6) is 0. The van der Waals surface area contributed by atoms with Crippen molar-refractivity contribution >= 4 is 0 Å². The van der Waals surface area contributed by atoms with Crippen LogP contribution in [0.4, 0.5) is 0 Å². The Kier molecular flexibility index (Phi) is 2.49. The molecule has 2 aromatic rings. The van der Waals surface area contributed by atoms with Gasteiger partial charge in [0.25, 0.3) is 6.04 Å². The van der Waals surface area contributed by atoms with E-state index in [-0.39, 0.29) is 4.92 Å². The fraction of sp³-hybridized carbons (Fsp3) is 0.0909. The lowest BCUT2D eigenvalue weighted by atomic mass is 10.1. The van der Waals surface area contributed by atoms with Crippen molar-refractivity contribution in [2.45, 2.75) is 6.04 Å². The van der Waals surface area contributed by atoms with E-state index in [0.717, 1.165) is 0 Å². The first-order valence-corrected chi connectivity index (χ1v) is 4.61. The van der Waals surface area contributed by atoms with Crippen LogP contribution in [0.5, 0.6) is 0 Å². The second-order valence-electron chi connectivity index (χ2n) is 3.22. The van der Waals surface area contributed by atoms with Gasteiger partial charge in [0, 0.05) is 16.7 Å². The molecule has 4 nitrogen and oxygen atoms in total. The van der Waals surface area contributed by atoms with Gasteiger partial charge in [-0.1, -0.05) is 30.3 Å². The number of aromatic amines is 1. The molecule has 1 heterocycles. The van der Waals surface area contributed by atoms with Crippen LogP contribution in [0, 0.1) is 10.1 Å². The van der Waals surface area contributed by atoms with E-state index in [1.807, 2.05) is 6.07 Å². The van der Waals surface area contributed by atoms with Crippen LogP contribution in [0.2, 0.25) is 0 Å². The topological polar surface area (TPSA) is 58.9 Å². The summed E-state index contributed by atoms with van der Waals surface area (Å²) < 4.78 is 0. The van der Waals surface area contributed by atoms with Crippen molar-refractivity contribution in [3.63, 3.8) is 0 Å². The number of benzene rings is 1. The lowest BCUT2D eigenvalue weighted by molar-refractivity contribution is -0.518. The lowest BCUT2D eigenvalue weighted by Gasteiger charge is -2.07. The minimum Gasteiger partial charge on any atom is -0.359 e. The molecule has 2 rings (SSSR count). The van der Waals surface area contributed by atoms with Gasteiger partial charge >= 0.3 is 0 Å². The van der Waals surface area contributed by atoms with Crippen LogP contribution in [-0.2, 0) is 0 Å². The van der Waals surface area contributed by atoms with Crippen molar-refractivity contribution in [2.75, 3.05) is 0 Å². The summed E-state index contributed by atoms with van der Waals surface area (Å²) in [6.07, 6.45) is 1.69. The Morgan fingerprint density at radius 3 is 2.40 bits per heavy atom. The molecule has 0 fully saturated rings. The summed E-state index contributed by atoms with van der Waals surface area (Å²) in [4.78, 5) is 13.6. The molecule has 0 saturated heterocycles. The van der Waals surface area contributed by atoms with E-state index in [1.165, 1.54) is 0 Å². The molecule has 1 N–H and O–H groups in total. The molecule has 0 saturated carbocycles. The Morgan fingerprint density at radius 1 is 1.13 bits per heavy atom. The van der Waals surface area contributed by atoms with Crippen LogP contribution in [0.25, 0.3) is 0 Å². The van der Waals surface area contributed by atoms with E-state index in [9.17, 15) is 10.1 Å². The summed E-state index contributed by atoms with van der Waals surface area (Å²) in [5, 5.41) is 11.0. The largest absolute Gasteiger partial charge is 0.359 e. The smallest absolute Gasteiger partial charge is 0.277 e. The van der Waals surface area contributed by atoms with Gasteiger partial charge in [-0.15, -0.1) is 0 Å². The Balaban J connectivity index is 2.42. The standard InChI is InChI=1S/C11H10N2O2/c14-13(15)11(10-7-4-8-12-10)9-5-2-1-3-6-9/h1-8,11-12H. The van der Waals surface area contributed by atoms with E-state index in [0.29, 0.717) is 11.3 Å². The molecule has 1 unspecified atom stereocenters. The Bertz CT molecular complexity index is 437. The van der Waals surface area contributed by atoms with Crippen LogP contribution in [0.1, 0.15) is 17.3 Å². The molecule has 1 aromatic carbocycles. The number of nitrogens with zero attached hydrogens (tertiary/aromatic N) is 1. The average Bonchev–Trinajstić information content (AvgIpc) is 2.72. The highest BCUT2D eigenvalue weighted by Gasteiger charge is 2.25. The molecule has 0 aliphatic carbocycles. The van der Waals surface area contributed by atoms with Crippen LogP contribution in [0.15, 0.2) is 48.7 Å². The minimum atomic E-state index is -0.804. The highest BCUT2D eigenvalue weighted by atomic mass is 16.6. The quantitative estimate of drug-likeness (QED) is 0.613. The van der Waals surface area contributed by atoms with Gasteiger partial charge in [-0.05, 0) is 12.1 Å². The molecule has 1 aromatic heterocycles. The van der Waals surface area contributed by atoms with Crippen LogP contribution in [-0.4, -0.2) is 9.91 Å². The second kappa shape index (κ2) is 3.96.